The number of carboxylic acid groups (broad SMARTS) is 1. The quantitative estimate of drug-likeness (QED) is 0.712. The van der Waals surface area contributed by atoms with E-state index in [1.54, 1.807) is 0 Å². The summed E-state index contributed by atoms with van der Waals surface area (Å²) >= 11 is 0. The number of hydrogen-bond donors (Lipinski definition) is 1. The molecule has 1 saturated carbocycles. The third-order valence-corrected chi connectivity index (χ3v) is 3.66. The van der Waals surface area contributed by atoms with Crippen molar-refractivity contribution >= 4 is 11.9 Å². The van der Waals surface area contributed by atoms with Gasteiger partial charge in [0.15, 0.2) is 0 Å². The summed E-state index contributed by atoms with van der Waals surface area (Å²) in [5, 5.41) is 8.85. The van der Waals surface area contributed by atoms with Gasteiger partial charge in [0.2, 0.25) is 5.91 Å². The molecule has 5 nitrogen and oxygen atoms in total. The average molecular weight is 305 g/mol. The van der Waals surface area contributed by atoms with Crippen molar-refractivity contribution in [1.29, 1.82) is 0 Å². The van der Waals surface area contributed by atoms with Gasteiger partial charge in [-0.15, -0.1) is 0 Å². The number of nitrogens with zero attached hydrogens (tertiary/aromatic N) is 1. The molecule has 1 N–H and O–H groups in total. The van der Waals surface area contributed by atoms with E-state index in [9.17, 15) is 9.59 Å². The number of amides is 1. The molecule has 0 spiro atoms. The van der Waals surface area contributed by atoms with Crippen LogP contribution in [0.5, 0.6) is 5.75 Å². The third-order valence-electron chi connectivity index (χ3n) is 3.66. The van der Waals surface area contributed by atoms with Crippen LogP contribution >= 0.6 is 0 Å². The van der Waals surface area contributed by atoms with Gasteiger partial charge in [-0.05, 0) is 50.3 Å². The summed E-state index contributed by atoms with van der Waals surface area (Å²) in [5.41, 5.74) is 1.15. The van der Waals surface area contributed by atoms with Gasteiger partial charge in [0, 0.05) is 12.5 Å². The summed E-state index contributed by atoms with van der Waals surface area (Å²) in [6, 6.07) is 8.01. The van der Waals surface area contributed by atoms with Crippen LogP contribution in [0.4, 0.5) is 0 Å². The molecule has 0 aromatic heterocycles. The molecule has 0 heterocycles. The second-order valence-electron chi connectivity index (χ2n) is 5.77. The first-order valence-corrected chi connectivity index (χ1v) is 7.77. The summed E-state index contributed by atoms with van der Waals surface area (Å²) in [6.45, 7) is 2.41. The summed E-state index contributed by atoms with van der Waals surface area (Å²) < 4.78 is 5.63. The fraction of sp³-hybridized carbons (Fsp3) is 0.529. The molecule has 0 bridgehead atoms. The maximum Gasteiger partial charge on any atom is 0.323 e. The predicted octanol–water partition coefficient (Wildman–Crippen LogP) is 2.62. The molecule has 5 heteroatoms. The smallest absolute Gasteiger partial charge is 0.323 e. The van der Waals surface area contributed by atoms with E-state index in [0.29, 0.717) is 19.4 Å². The Balaban J connectivity index is 1.65. The molecule has 2 rings (SSSR count). The van der Waals surface area contributed by atoms with Gasteiger partial charge in [-0.1, -0.05) is 12.1 Å². The van der Waals surface area contributed by atoms with Gasteiger partial charge in [-0.25, -0.2) is 0 Å². The molecule has 1 amide bonds. The number of benzene rings is 1. The molecule has 1 aliphatic carbocycles. The summed E-state index contributed by atoms with van der Waals surface area (Å²) in [5.74, 6) is -0.153. The van der Waals surface area contributed by atoms with Crippen molar-refractivity contribution in [2.24, 2.45) is 0 Å². The zero-order valence-corrected chi connectivity index (χ0v) is 13.0. The Hall–Kier alpha value is -2.04. The number of rotatable bonds is 9. The highest BCUT2D eigenvalue weighted by Crippen LogP contribution is 2.27. The highest BCUT2D eigenvalue weighted by molar-refractivity contribution is 5.81. The lowest BCUT2D eigenvalue weighted by Crippen LogP contribution is -2.37. The number of hydrogen-bond acceptors (Lipinski definition) is 3. The summed E-state index contributed by atoms with van der Waals surface area (Å²) in [6.07, 6.45) is 3.74. The molecular formula is C17H23NO4. The summed E-state index contributed by atoms with van der Waals surface area (Å²) in [4.78, 5) is 24.4. The van der Waals surface area contributed by atoms with Crippen molar-refractivity contribution in [3.8, 4) is 5.75 Å². The van der Waals surface area contributed by atoms with E-state index in [-0.39, 0.29) is 18.5 Å². The van der Waals surface area contributed by atoms with Crippen molar-refractivity contribution < 1.29 is 19.4 Å². The zero-order valence-electron chi connectivity index (χ0n) is 13.0. The second kappa shape index (κ2) is 7.82. The van der Waals surface area contributed by atoms with Crippen LogP contribution in [0.1, 0.15) is 37.7 Å². The molecule has 0 saturated heterocycles. The number of aryl methyl sites for hydroxylation is 1. The van der Waals surface area contributed by atoms with Gasteiger partial charge in [0.05, 0.1) is 6.61 Å². The minimum Gasteiger partial charge on any atom is -0.494 e. The molecule has 0 aliphatic heterocycles. The molecule has 22 heavy (non-hydrogen) atoms. The van der Waals surface area contributed by atoms with Crippen LogP contribution in [0.2, 0.25) is 0 Å². The molecule has 1 aromatic rings. The number of unbranched alkanes of at least 4 members (excludes halogenated alkanes) is 1. The van der Waals surface area contributed by atoms with Gasteiger partial charge >= 0.3 is 5.97 Å². The van der Waals surface area contributed by atoms with E-state index in [2.05, 4.69) is 0 Å². The maximum absolute atomic E-state index is 12.1. The van der Waals surface area contributed by atoms with E-state index in [1.165, 1.54) is 4.90 Å². The van der Waals surface area contributed by atoms with E-state index in [1.807, 2.05) is 31.2 Å². The first-order chi connectivity index (χ1) is 10.6. The molecule has 1 aromatic carbocycles. The number of carbonyl (C=O) groups excluding carboxylic acids is 1. The van der Waals surface area contributed by atoms with Crippen LogP contribution in [0, 0.1) is 6.92 Å². The molecule has 1 fully saturated rings. The van der Waals surface area contributed by atoms with Crippen molar-refractivity contribution in [1.82, 2.24) is 4.90 Å². The predicted molar refractivity (Wildman–Crippen MR) is 82.9 cm³/mol. The van der Waals surface area contributed by atoms with Crippen LogP contribution in [0.25, 0.3) is 0 Å². The van der Waals surface area contributed by atoms with Gasteiger partial charge < -0.3 is 14.7 Å². The number of ether oxygens (including phenoxy) is 1. The van der Waals surface area contributed by atoms with E-state index in [0.717, 1.165) is 30.6 Å². The van der Waals surface area contributed by atoms with Crippen LogP contribution in [0.3, 0.4) is 0 Å². The van der Waals surface area contributed by atoms with Crippen LogP contribution in [0.15, 0.2) is 24.3 Å². The van der Waals surface area contributed by atoms with Gasteiger partial charge in [-0.3, -0.25) is 9.59 Å². The van der Waals surface area contributed by atoms with Crippen molar-refractivity contribution in [2.45, 2.75) is 45.1 Å². The van der Waals surface area contributed by atoms with Crippen molar-refractivity contribution in [2.75, 3.05) is 13.2 Å². The fourth-order valence-corrected chi connectivity index (χ4v) is 2.37. The second-order valence-corrected chi connectivity index (χ2v) is 5.77. The number of carbonyl (C=O) groups is 2. The monoisotopic (exact) mass is 305 g/mol. The highest BCUT2D eigenvalue weighted by atomic mass is 16.5. The zero-order chi connectivity index (χ0) is 15.9. The molecular weight excluding hydrogens is 282 g/mol. The Labute approximate surface area is 130 Å². The largest absolute Gasteiger partial charge is 0.494 e. The third kappa shape index (κ3) is 5.39. The van der Waals surface area contributed by atoms with Crippen molar-refractivity contribution in [3.63, 3.8) is 0 Å². The first-order valence-electron chi connectivity index (χ1n) is 7.77. The molecule has 1 aliphatic rings. The van der Waals surface area contributed by atoms with Crippen LogP contribution in [-0.2, 0) is 9.59 Å². The highest BCUT2D eigenvalue weighted by Gasteiger charge is 2.33. The van der Waals surface area contributed by atoms with E-state index < -0.39 is 5.97 Å². The Bertz CT molecular complexity index is 525. The van der Waals surface area contributed by atoms with Gasteiger partial charge in [-0.2, -0.15) is 0 Å². The minimum absolute atomic E-state index is 0.0551. The Kier molecular flexibility index (Phi) is 5.81. The molecule has 120 valence electrons. The molecule has 0 atom stereocenters. The Morgan fingerprint density at radius 3 is 2.73 bits per heavy atom. The van der Waals surface area contributed by atoms with Crippen LogP contribution < -0.4 is 4.74 Å². The Morgan fingerprint density at radius 2 is 2.09 bits per heavy atom. The standard InChI is InChI=1S/C17H23NO4/c1-13-5-4-6-15(11-13)22-10-3-2-7-16(19)18(12-17(20)21)14-8-9-14/h4-6,11,14H,2-3,7-10,12H2,1H3,(H,20,21). The van der Waals surface area contributed by atoms with Crippen LogP contribution in [-0.4, -0.2) is 41.1 Å². The average Bonchev–Trinajstić information content (AvgIpc) is 3.28. The fourth-order valence-electron chi connectivity index (χ4n) is 2.37. The van der Waals surface area contributed by atoms with Gasteiger partial charge in [0.25, 0.3) is 0 Å². The Morgan fingerprint density at radius 1 is 1.32 bits per heavy atom. The minimum atomic E-state index is -0.942. The lowest BCUT2D eigenvalue weighted by atomic mass is 10.2. The number of carboxylic acids is 1. The van der Waals surface area contributed by atoms with Gasteiger partial charge in [0.1, 0.15) is 12.3 Å². The normalized spacial score (nSPS) is 13.7. The maximum atomic E-state index is 12.1. The lowest BCUT2D eigenvalue weighted by Gasteiger charge is -2.20. The van der Waals surface area contributed by atoms with Crippen molar-refractivity contribution in [3.05, 3.63) is 29.8 Å². The number of aliphatic carboxylic acids is 1. The molecule has 0 unspecified atom stereocenters. The SMILES string of the molecule is Cc1cccc(OCCCCC(=O)N(CC(=O)O)C2CC2)c1. The lowest BCUT2D eigenvalue weighted by molar-refractivity contribution is -0.145. The van der Waals surface area contributed by atoms with E-state index in [4.69, 9.17) is 9.84 Å². The molecule has 0 radical (unpaired) electrons. The first kappa shape index (κ1) is 16.3. The van der Waals surface area contributed by atoms with E-state index >= 15 is 0 Å². The summed E-state index contributed by atoms with van der Waals surface area (Å²) in [7, 11) is 0. The topological polar surface area (TPSA) is 66.8 Å².